The molecule has 0 spiro atoms. The van der Waals surface area contributed by atoms with Crippen LogP contribution in [0.5, 0.6) is 11.5 Å². The minimum absolute atomic E-state index is 0.234. The number of rotatable bonds is 4. The molecule has 2 rings (SSSR count). The number of carboxylic acids is 1. The SMILES string of the molecule is COc1c(C)c(Br)c(C)c(-c2cc(C(=O)O)on2)c1OC. The van der Waals surface area contributed by atoms with Crippen LogP contribution in [0.1, 0.15) is 21.7 Å². The van der Waals surface area contributed by atoms with Gasteiger partial charge in [0.2, 0.25) is 5.76 Å². The van der Waals surface area contributed by atoms with Crippen LogP contribution in [0.4, 0.5) is 0 Å². The number of aromatic nitrogens is 1. The van der Waals surface area contributed by atoms with E-state index in [9.17, 15) is 4.79 Å². The molecule has 0 saturated carbocycles. The van der Waals surface area contributed by atoms with Gasteiger partial charge in [0.25, 0.3) is 0 Å². The average Bonchev–Trinajstić information content (AvgIpc) is 2.94. The maximum Gasteiger partial charge on any atom is 0.374 e. The minimum Gasteiger partial charge on any atom is -0.493 e. The largest absolute Gasteiger partial charge is 0.493 e. The third kappa shape index (κ3) is 2.49. The van der Waals surface area contributed by atoms with Gasteiger partial charge in [-0.2, -0.15) is 0 Å². The van der Waals surface area contributed by atoms with Crippen LogP contribution in [-0.2, 0) is 0 Å². The van der Waals surface area contributed by atoms with Crippen LogP contribution in [0.2, 0.25) is 0 Å². The summed E-state index contributed by atoms with van der Waals surface area (Å²) in [5.41, 5.74) is 2.75. The number of ether oxygens (including phenoxy) is 2. The van der Waals surface area contributed by atoms with Crippen LogP contribution in [0, 0.1) is 13.8 Å². The first-order chi connectivity index (χ1) is 9.92. The highest BCUT2D eigenvalue weighted by Gasteiger charge is 2.24. The van der Waals surface area contributed by atoms with E-state index in [0.717, 1.165) is 15.6 Å². The topological polar surface area (TPSA) is 81.8 Å². The molecule has 0 bridgehead atoms. The van der Waals surface area contributed by atoms with Crippen molar-refractivity contribution in [2.75, 3.05) is 14.2 Å². The quantitative estimate of drug-likeness (QED) is 0.904. The van der Waals surface area contributed by atoms with Crippen molar-refractivity contribution in [2.24, 2.45) is 0 Å². The molecule has 7 heteroatoms. The first-order valence-electron chi connectivity index (χ1n) is 6.03. The van der Waals surface area contributed by atoms with Crippen LogP contribution in [0.3, 0.4) is 0 Å². The van der Waals surface area contributed by atoms with E-state index in [-0.39, 0.29) is 5.76 Å². The normalized spacial score (nSPS) is 10.5. The fourth-order valence-corrected chi connectivity index (χ4v) is 2.57. The van der Waals surface area contributed by atoms with Crippen molar-refractivity contribution in [1.82, 2.24) is 5.16 Å². The van der Waals surface area contributed by atoms with Crippen molar-refractivity contribution >= 4 is 21.9 Å². The summed E-state index contributed by atoms with van der Waals surface area (Å²) in [7, 11) is 3.06. The Morgan fingerprint density at radius 2 is 1.86 bits per heavy atom. The van der Waals surface area contributed by atoms with Gasteiger partial charge in [0.05, 0.1) is 19.8 Å². The van der Waals surface area contributed by atoms with Gasteiger partial charge in [0.1, 0.15) is 5.69 Å². The van der Waals surface area contributed by atoms with Crippen molar-refractivity contribution in [1.29, 1.82) is 0 Å². The molecule has 21 heavy (non-hydrogen) atoms. The molecular weight excluding hydrogens is 342 g/mol. The summed E-state index contributed by atoms with van der Waals surface area (Å²) in [6, 6.07) is 1.36. The Bertz CT molecular complexity index is 708. The molecule has 0 radical (unpaired) electrons. The molecule has 1 aromatic carbocycles. The highest BCUT2D eigenvalue weighted by atomic mass is 79.9. The lowest BCUT2D eigenvalue weighted by molar-refractivity contribution is 0.0652. The molecule has 1 N–H and O–H groups in total. The summed E-state index contributed by atoms with van der Waals surface area (Å²) in [5, 5.41) is 12.8. The summed E-state index contributed by atoms with van der Waals surface area (Å²) in [4.78, 5) is 10.9. The van der Waals surface area contributed by atoms with Gasteiger partial charge in [-0.3, -0.25) is 0 Å². The molecule has 112 valence electrons. The van der Waals surface area contributed by atoms with E-state index >= 15 is 0 Å². The van der Waals surface area contributed by atoms with Crippen molar-refractivity contribution < 1.29 is 23.9 Å². The standard InChI is InChI=1S/C14H14BrNO5/c1-6-10(8-5-9(14(17)18)21-16-8)13(20-4)12(19-3)7(2)11(6)15/h5H,1-4H3,(H,17,18). The summed E-state index contributed by atoms with van der Waals surface area (Å²) >= 11 is 3.51. The second-order valence-electron chi connectivity index (χ2n) is 4.39. The van der Waals surface area contributed by atoms with Crippen LogP contribution < -0.4 is 9.47 Å². The second kappa shape index (κ2) is 5.77. The van der Waals surface area contributed by atoms with E-state index in [4.69, 9.17) is 19.1 Å². The third-order valence-corrected chi connectivity index (χ3v) is 4.38. The van der Waals surface area contributed by atoms with E-state index < -0.39 is 5.97 Å². The smallest absolute Gasteiger partial charge is 0.374 e. The number of hydrogen-bond donors (Lipinski definition) is 1. The zero-order valence-corrected chi connectivity index (χ0v) is 13.6. The Hall–Kier alpha value is -2.02. The number of benzene rings is 1. The number of carbonyl (C=O) groups is 1. The van der Waals surface area contributed by atoms with Gasteiger partial charge in [0.15, 0.2) is 11.5 Å². The van der Waals surface area contributed by atoms with E-state index in [2.05, 4.69) is 21.1 Å². The van der Waals surface area contributed by atoms with Crippen LogP contribution in [0.15, 0.2) is 15.1 Å². The molecule has 0 aliphatic rings. The molecule has 1 aromatic heterocycles. The number of aromatic carboxylic acids is 1. The summed E-state index contributed by atoms with van der Waals surface area (Å²) in [6.07, 6.45) is 0. The maximum atomic E-state index is 10.9. The summed E-state index contributed by atoms with van der Waals surface area (Å²) in [6.45, 7) is 3.77. The Morgan fingerprint density at radius 3 is 2.33 bits per heavy atom. The fraction of sp³-hybridized carbons (Fsp3) is 0.286. The molecule has 0 amide bonds. The highest BCUT2D eigenvalue weighted by molar-refractivity contribution is 9.10. The molecule has 0 fully saturated rings. The van der Waals surface area contributed by atoms with Gasteiger partial charge in [0, 0.05) is 16.1 Å². The first-order valence-corrected chi connectivity index (χ1v) is 6.82. The lowest BCUT2D eigenvalue weighted by Gasteiger charge is -2.18. The van der Waals surface area contributed by atoms with Gasteiger partial charge in [-0.05, 0) is 19.4 Å². The van der Waals surface area contributed by atoms with Gasteiger partial charge in [-0.15, -0.1) is 0 Å². The number of halogens is 1. The fourth-order valence-electron chi connectivity index (χ4n) is 2.19. The molecule has 1 heterocycles. The van der Waals surface area contributed by atoms with Crippen molar-refractivity contribution in [3.05, 3.63) is 27.4 Å². The molecule has 0 aliphatic carbocycles. The van der Waals surface area contributed by atoms with Gasteiger partial charge >= 0.3 is 5.97 Å². The van der Waals surface area contributed by atoms with Crippen LogP contribution >= 0.6 is 15.9 Å². The molecular formula is C14H14BrNO5. The van der Waals surface area contributed by atoms with Crippen LogP contribution in [-0.4, -0.2) is 30.5 Å². The molecule has 0 aliphatic heterocycles. The van der Waals surface area contributed by atoms with E-state index in [1.54, 1.807) is 7.11 Å². The second-order valence-corrected chi connectivity index (χ2v) is 5.18. The number of carboxylic acid groups (broad SMARTS) is 1. The predicted octanol–water partition coefficient (Wildman–Crippen LogP) is 3.44. The van der Waals surface area contributed by atoms with Gasteiger partial charge in [-0.1, -0.05) is 21.1 Å². The molecule has 2 aromatic rings. The van der Waals surface area contributed by atoms with Gasteiger partial charge < -0.3 is 19.1 Å². The Labute approximate surface area is 129 Å². The molecule has 0 saturated heterocycles. The molecule has 6 nitrogen and oxygen atoms in total. The highest BCUT2D eigenvalue weighted by Crippen LogP contribution is 2.46. The maximum absolute atomic E-state index is 10.9. The van der Waals surface area contributed by atoms with E-state index in [1.807, 2.05) is 13.8 Å². The molecule has 0 atom stereocenters. The lowest BCUT2D eigenvalue weighted by atomic mass is 10.00. The Kier molecular flexibility index (Phi) is 4.22. The minimum atomic E-state index is -1.18. The van der Waals surface area contributed by atoms with E-state index in [1.165, 1.54) is 13.2 Å². The summed E-state index contributed by atoms with van der Waals surface area (Å²) < 4.78 is 16.5. The lowest BCUT2D eigenvalue weighted by Crippen LogP contribution is -2.00. The number of nitrogens with zero attached hydrogens (tertiary/aromatic N) is 1. The Balaban J connectivity index is 2.77. The third-order valence-electron chi connectivity index (χ3n) is 3.19. The summed E-state index contributed by atoms with van der Waals surface area (Å²) in [5.74, 6) is -0.364. The van der Waals surface area contributed by atoms with Crippen molar-refractivity contribution in [3.8, 4) is 22.8 Å². The average molecular weight is 356 g/mol. The van der Waals surface area contributed by atoms with Crippen molar-refractivity contribution in [2.45, 2.75) is 13.8 Å². The Morgan fingerprint density at radius 1 is 1.24 bits per heavy atom. The first kappa shape index (κ1) is 15.4. The molecule has 0 unspecified atom stereocenters. The zero-order valence-electron chi connectivity index (χ0n) is 12.0. The zero-order chi connectivity index (χ0) is 15.7. The predicted molar refractivity (Wildman–Crippen MR) is 79.2 cm³/mol. The van der Waals surface area contributed by atoms with E-state index in [0.29, 0.717) is 22.8 Å². The van der Waals surface area contributed by atoms with Crippen molar-refractivity contribution in [3.63, 3.8) is 0 Å². The monoisotopic (exact) mass is 355 g/mol. The van der Waals surface area contributed by atoms with Crippen LogP contribution in [0.25, 0.3) is 11.3 Å². The van der Waals surface area contributed by atoms with Gasteiger partial charge in [-0.25, -0.2) is 4.79 Å². The number of hydrogen-bond acceptors (Lipinski definition) is 5. The number of methoxy groups -OCH3 is 2.